The van der Waals surface area contributed by atoms with Crippen molar-refractivity contribution in [3.05, 3.63) is 0 Å². The van der Waals surface area contributed by atoms with E-state index in [0.29, 0.717) is 18.6 Å². The second-order valence-corrected chi connectivity index (χ2v) is 3.41. The number of aliphatic hydroxyl groups is 1. The monoisotopic (exact) mass is 127 g/mol. The minimum atomic E-state index is 0.356. The van der Waals surface area contributed by atoms with Crippen molar-refractivity contribution in [2.75, 3.05) is 6.61 Å². The zero-order valence-corrected chi connectivity index (χ0v) is 5.46. The molecule has 0 aromatic carbocycles. The largest absolute Gasteiger partial charge is 0.396 e. The van der Waals surface area contributed by atoms with Gasteiger partial charge in [0.1, 0.15) is 0 Å². The molecule has 0 unspecified atom stereocenters. The summed E-state index contributed by atoms with van der Waals surface area (Å²) in [5.74, 6) is 2.12. The minimum absolute atomic E-state index is 0.356. The van der Waals surface area contributed by atoms with Gasteiger partial charge in [-0.1, -0.05) is 0 Å². The molecule has 0 amide bonds. The Balaban J connectivity index is 2.00. The van der Waals surface area contributed by atoms with Crippen LogP contribution in [0.1, 0.15) is 12.8 Å². The molecule has 0 heterocycles. The molecule has 0 aliphatic heterocycles. The number of hydrogen-bond acceptors (Lipinski definition) is 2. The summed E-state index contributed by atoms with van der Waals surface area (Å²) in [5.41, 5.74) is 5.77. The summed E-state index contributed by atoms with van der Waals surface area (Å²) in [6.45, 7) is 0.356. The standard InChI is InChI=1S/C7H13NO/c8-7-1-4(3-9)5-2-6(5)7/h4-7,9H,1-3,8H2/t4-,5+,6+,7-/m0/s1. The molecular formula is C7H13NO. The van der Waals surface area contributed by atoms with Gasteiger partial charge in [0.05, 0.1) is 0 Å². The highest BCUT2D eigenvalue weighted by molar-refractivity contribution is 5.04. The number of aliphatic hydroxyl groups excluding tert-OH is 1. The molecule has 0 radical (unpaired) electrons. The molecule has 2 fully saturated rings. The van der Waals surface area contributed by atoms with Crippen LogP contribution in [0, 0.1) is 17.8 Å². The Morgan fingerprint density at radius 1 is 1.33 bits per heavy atom. The zero-order valence-electron chi connectivity index (χ0n) is 5.46. The fraction of sp³-hybridized carbons (Fsp3) is 1.00. The molecule has 0 saturated heterocycles. The Morgan fingerprint density at radius 3 is 2.33 bits per heavy atom. The van der Waals surface area contributed by atoms with Crippen LogP contribution < -0.4 is 5.73 Å². The van der Waals surface area contributed by atoms with Crippen LogP contribution in [-0.4, -0.2) is 17.8 Å². The zero-order chi connectivity index (χ0) is 6.43. The molecule has 0 bridgehead atoms. The van der Waals surface area contributed by atoms with Crippen LogP contribution in [-0.2, 0) is 0 Å². The first-order valence-electron chi connectivity index (χ1n) is 3.69. The normalized spacial score (nSPS) is 55.3. The molecule has 9 heavy (non-hydrogen) atoms. The maximum atomic E-state index is 8.83. The average Bonchev–Trinajstić information content (AvgIpc) is 2.56. The Kier molecular flexibility index (Phi) is 1.08. The van der Waals surface area contributed by atoms with E-state index in [4.69, 9.17) is 10.8 Å². The fourth-order valence-corrected chi connectivity index (χ4v) is 2.18. The van der Waals surface area contributed by atoms with Crippen molar-refractivity contribution in [2.24, 2.45) is 23.5 Å². The van der Waals surface area contributed by atoms with Crippen LogP contribution in [0.4, 0.5) is 0 Å². The lowest BCUT2D eigenvalue weighted by Crippen LogP contribution is -2.20. The van der Waals surface area contributed by atoms with Gasteiger partial charge in [0.25, 0.3) is 0 Å². The van der Waals surface area contributed by atoms with Crippen molar-refractivity contribution in [1.29, 1.82) is 0 Å². The average molecular weight is 127 g/mol. The Morgan fingerprint density at radius 2 is 2.11 bits per heavy atom. The molecule has 2 nitrogen and oxygen atoms in total. The lowest BCUT2D eigenvalue weighted by atomic mass is 10.0. The molecule has 2 rings (SSSR count). The number of fused-ring (bicyclic) bond motifs is 1. The van der Waals surface area contributed by atoms with E-state index >= 15 is 0 Å². The van der Waals surface area contributed by atoms with Crippen molar-refractivity contribution in [2.45, 2.75) is 18.9 Å². The second-order valence-electron chi connectivity index (χ2n) is 3.41. The predicted octanol–water partition coefficient (Wildman–Crippen LogP) is -0.0380. The maximum absolute atomic E-state index is 8.83. The van der Waals surface area contributed by atoms with Crippen LogP contribution in [0.15, 0.2) is 0 Å². The van der Waals surface area contributed by atoms with Gasteiger partial charge in [-0.2, -0.15) is 0 Å². The quantitative estimate of drug-likeness (QED) is 0.519. The molecule has 0 spiro atoms. The van der Waals surface area contributed by atoms with Crippen molar-refractivity contribution < 1.29 is 5.11 Å². The predicted molar refractivity (Wildman–Crippen MR) is 34.8 cm³/mol. The van der Waals surface area contributed by atoms with E-state index in [1.54, 1.807) is 0 Å². The van der Waals surface area contributed by atoms with Gasteiger partial charge in [-0.05, 0) is 30.6 Å². The molecular weight excluding hydrogens is 114 g/mol. The van der Waals surface area contributed by atoms with E-state index in [1.165, 1.54) is 6.42 Å². The smallest absolute Gasteiger partial charge is 0.0462 e. The molecule has 2 aliphatic rings. The van der Waals surface area contributed by atoms with Gasteiger partial charge in [0.15, 0.2) is 0 Å². The van der Waals surface area contributed by atoms with Crippen molar-refractivity contribution in [3.63, 3.8) is 0 Å². The molecule has 2 aliphatic carbocycles. The van der Waals surface area contributed by atoms with Crippen LogP contribution in [0.25, 0.3) is 0 Å². The van der Waals surface area contributed by atoms with E-state index < -0.39 is 0 Å². The Labute approximate surface area is 55.1 Å². The summed E-state index contributed by atoms with van der Waals surface area (Å²) in [6, 6.07) is 0.409. The van der Waals surface area contributed by atoms with Crippen LogP contribution in [0.3, 0.4) is 0 Å². The molecule has 4 atom stereocenters. The Hall–Kier alpha value is -0.0800. The molecule has 0 aromatic rings. The van der Waals surface area contributed by atoms with Gasteiger partial charge in [-0.3, -0.25) is 0 Å². The van der Waals surface area contributed by atoms with Crippen molar-refractivity contribution in [1.82, 2.24) is 0 Å². The van der Waals surface area contributed by atoms with Crippen LogP contribution in [0.2, 0.25) is 0 Å². The molecule has 0 aromatic heterocycles. The van der Waals surface area contributed by atoms with Gasteiger partial charge >= 0.3 is 0 Å². The summed E-state index contributed by atoms with van der Waals surface area (Å²) in [7, 11) is 0. The summed E-state index contributed by atoms with van der Waals surface area (Å²) in [4.78, 5) is 0. The first kappa shape index (κ1) is 5.69. The highest BCUT2D eigenvalue weighted by atomic mass is 16.3. The number of rotatable bonds is 1. The highest BCUT2D eigenvalue weighted by Gasteiger charge is 2.52. The van der Waals surface area contributed by atoms with Gasteiger partial charge in [-0.25, -0.2) is 0 Å². The van der Waals surface area contributed by atoms with Gasteiger partial charge in [0.2, 0.25) is 0 Å². The van der Waals surface area contributed by atoms with Crippen molar-refractivity contribution in [3.8, 4) is 0 Å². The first-order chi connectivity index (χ1) is 4.33. The third-order valence-electron chi connectivity index (χ3n) is 2.86. The lowest BCUT2D eigenvalue weighted by Gasteiger charge is -2.08. The fourth-order valence-electron chi connectivity index (χ4n) is 2.18. The van der Waals surface area contributed by atoms with Crippen LogP contribution >= 0.6 is 0 Å². The van der Waals surface area contributed by atoms with E-state index in [9.17, 15) is 0 Å². The minimum Gasteiger partial charge on any atom is -0.396 e. The third-order valence-corrected chi connectivity index (χ3v) is 2.86. The number of hydrogen-bond donors (Lipinski definition) is 2. The molecule has 2 heteroatoms. The first-order valence-corrected chi connectivity index (χ1v) is 3.69. The van der Waals surface area contributed by atoms with Crippen molar-refractivity contribution >= 4 is 0 Å². The highest BCUT2D eigenvalue weighted by Crippen LogP contribution is 2.54. The molecule has 2 saturated carbocycles. The van der Waals surface area contributed by atoms with Gasteiger partial charge in [0, 0.05) is 12.6 Å². The van der Waals surface area contributed by atoms with E-state index in [-0.39, 0.29) is 0 Å². The molecule has 3 N–H and O–H groups in total. The maximum Gasteiger partial charge on any atom is 0.0462 e. The van der Waals surface area contributed by atoms with Crippen LogP contribution in [0.5, 0.6) is 0 Å². The van der Waals surface area contributed by atoms with E-state index in [0.717, 1.165) is 18.3 Å². The Bertz CT molecular complexity index is 126. The van der Waals surface area contributed by atoms with Gasteiger partial charge < -0.3 is 10.8 Å². The third kappa shape index (κ3) is 0.700. The van der Waals surface area contributed by atoms with E-state index in [2.05, 4.69) is 0 Å². The lowest BCUT2D eigenvalue weighted by molar-refractivity contribution is 0.213. The SMILES string of the molecule is N[C@H]1C[C@@H](CO)[C@H]2C[C@H]21. The topological polar surface area (TPSA) is 46.2 Å². The summed E-state index contributed by atoms with van der Waals surface area (Å²) < 4.78 is 0. The van der Waals surface area contributed by atoms with Gasteiger partial charge in [-0.15, -0.1) is 0 Å². The molecule has 52 valence electrons. The summed E-state index contributed by atoms with van der Waals surface area (Å²) >= 11 is 0. The summed E-state index contributed by atoms with van der Waals surface area (Å²) in [6.07, 6.45) is 2.35. The number of nitrogens with two attached hydrogens (primary N) is 1. The van der Waals surface area contributed by atoms with E-state index in [1.807, 2.05) is 0 Å². The summed E-state index contributed by atoms with van der Waals surface area (Å²) in [5, 5.41) is 8.83. The second kappa shape index (κ2) is 1.70.